The van der Waals surface area contributed by atoms with Crippen LogP contribution in [-0.4, -0.2) is 179 Å². The van der Waals surface area contributed by atoms with E-state index in [0.29, 0.717) is 11.1 Å². The van der Waals surface area contributed by atoms with Gasteiger partial charge in [0.15, 0.2) is 41.7 Å². The normalized spacial score (nSPS) is 35.1. The summed E-state index contributed by atoms with van der Waals surface area (Å²) in [6, 6.07) is 7.65. The Balaban J connectivity index is 1.34. The molecule has 15 atom stereocenters. The summed E-state index contributed by atoms with van der Waals surface area (Å²) >= 11 is 0. The van der Waals surface area contributed by atoms with Crippen LogP contribution in [0.4, 0.5) is 0 Å². The van der Waals surface area contributed by atoms with Gasteiger partial charge in [0.25, 0.3) is 0 Å². The summed E-state index contributed by atoms with van der Waals surface area (Å²) in [6.07, 6.45) is -17.9. The van der Waals surface area contributed by atoms with Crippen molar-refractivity contribution in [2.75, 3.05) is 34.5 Å². The van der Waals surface area contributed by atoms with Crippen molar-refractivity contribution in [3.05, 3.63) is 53.6 Å². The zero-order valence-corrected chi connectivity index (χ0v) is 32.8. The summed E-state index contributed by atoms with van der Waals surface area (Å²) in [6.45, 7) is 1.95. The van der Waals surface area contributed by atoms with Crippen LogP contribution in [0.3, 0.4) is 0 Å². The number of hydrogen-bond acceptors (Lipinski definition) is 20. The van der Waals surface area contributed by atoms with Crippen LogP contribution >= 0.6 is 0 Å². The molecule has 15 unspecified atom stereocenters. The molecule has 5 rings (SSSR count). The zero-order valence-electron chi connectivity index (χ0n) is 32.8. The number of aliphatic hydroxyl groups excluding tert-OH is 8. The van der Waals surface area contributed by atoms with Gasteiger partial charge in [0.2, 0.25) is 12.0 Å². The lowest BCUT2D eigenvalue weighted by molar-refractivity contribution is -0.385. The lowest BCUT2D eigenvalue weighted by Crippen LogP contribution is -2.66. The van der Waals surface area contributed by atoms with E-state index >= 15 is 0 Å². The number of ether oxygens (including phenoxy) is 10. The number of aromatic hydroxyl groups is 1. The summed E-state index contributed by atoms with van der Waals surface area (Å²) in [5, 5.41) is 94.8. The first kappa shape index (κ1) is 45.9. The van der Waals surface area contributed by atoms with Crippen LogP contribution in [0.25, 0.3) is 12.2 Å². The van der Waals surface area contributed by atoms with Crippen molar-refractivity contribution in [1.29, 1.82) is 0 Å². The van der Waals surface area contributed by atoms with E-state index in [1.807, 2.05) is 0 Å². The van der Waals surface area contributed by atoms with Gasteiger partial charge in [0.05, 0.1) is 40.1 Å². The zero-order chi connectivity index (χ0) is 43.1. The lowest BCUT2D eigenvalue weighted by atomic mass is 9.97. The Morgan fingerprint density at radius 3 is 1.85 bits per heavy atom. The molecule has 3 heterocycles. The van der Waals surface area contributed by atoms with Crippen LogP contribution < -0.4 is 18.9 Å². The number of phenols is 1. The molecule has 0 aromatic heterocycles. The maximum Gasteiger partial charge on any atom is 0.331 e. The van der Waals surface area contributed by atoms with Crippen molar-refractivity contribution < 1.29 is 98.1 Å². The molecule has 0 saturated carbocycles. The Morgan fingerprint density at radius 2 is 1.22 bits per heavy atom. The highest BCUT2D eigenvalue weighted by Gasteiger charge is 2.54. The molecule has 20 nitrogen and oxygen atoms in total. The Hall–Kier alpha value is -4.13. The highest BCUT2D eigenvalue weighted by atomic mass is 16.8. The number of carbonyl (C=O) groups is 1. The number of aliphatic hydroxyl groups is 8. The van der Waals surface area contributed by atoms with Crippen LogP contribution in [0, 0.1) is 0 Å². The van der Waals surface area contributed by atoms with E-state index in [-0.39, 0.29) is 35.4 Å². The molecule has 3 saturated heterocycles. The highest BCUT2D eigenvalue weighted by molar-refractivity contribution is 5.87. The minimum absolute atomic E-state index is 0.0441. The minimum Gasteiger partial charge on any atom is -0.504 e. The van der Waals surface area contributed by atoms with Crippen molar-refractivity contribution in [3.8, 4) is 28.7 Å². The van der Waals surface area contributed by atoms with Crippen LogP contribution in [0.5, 0.6) is 28.7 Å². The van der Waals surface area contributed by atoms with E-state index in [0.717, 1.165) is 0 Å². The topological polar surface area (TPSA) is 291 Å². The third-order valence-corrected chi connectivity index (χ3v) is 9.96. The van der Waals surface area contributed by atoms with E-state index in [2.05, 4.69) is 0 Å². The standard InChI is InChI=1S/C39H52O20/c1-17-27(43)30(46)33(49)37(54-17)58-35-31(47)28(44)18(2)55-38(35)59-36-32(48)29(45)25(16-40)56-39(36)57-34-23(51-4)14-20(15-24(34)52-5)7-6-12-53-26(42)11-9-19-8-10-21(41)22(13-19)50-3/h6-11,13-15,17-18,25,27-33,35-41,43-49H,12,16H2,1-5H3. The maximum atomic E-state index is 12.3. The van der Waals surface area contributed by atoms with Crippen molar-refractivity contribution in [2.45, 2.75) is 106 Å². The third-order valence-electron chi connectivity index (χ3n) is 9.96. The van der Waals surface area contributed by atoms with E-state index in [1.165, 1.54) is 65.5 Å². The Bertz CT molecular complexity index is 1730. The van der Waals surface area contributed by atoms with Crippen LogP contribution in [0.2, 0.25) is 0 Å². The van der Waals surface area contributed by atoms with Gasteiger partial charge in [-0.05, 0) is 61.4 Å². The smallest absolute Gasteiger partial charge is 0.331 e. The average molecular weight is 841 g/mol. The van der Waals surface area contributed by atoms with Crippen LogP contribution in [0.1, 0.15) is 25.0 Å². The Labute approximate surface area is 338 Å². The fraction of sp³-hybridized carbons (Fsp3) is 0.564. The quantitative estimate of drug-likeness (QED) is 0.0734. The molecule has 9 N–H and O–H groups in total. The number of esters is 1. The van der Waals surface area contributed by atoms with E-state index in [4.69, 9.17) is 47.4 Å². The summed E-state index contributed by atoms with van der Waals surface area (Å²) in [4.78, 5) is 12.3. The van der Waals surface area contributed by atoms with Gasteiger partial charge in [-0.25, -0.2) is 4.79 Å². The summed E-state index contributed by atoms with van der Waals surface area (Å²) < 4.78 is 56.7. The Morgan fingerprint density at radius 1 is 0.661 bits per heavy atom. The molecule has 0 bridgehead atoms. The summed E-state index contributed by atoms with van der Waals surface area (Å²) in [7, 11) is 4.08. The molecule has 2 aromatic rings. The number of rotatable bonds is 15. The molecular weight excluding hydrogens is 788 g/mol. The molecule has 3 fully saturated rings. The number of phenolic OH excluding ortho intramolecular Hbond substituents is 1. The molecule has 328 valence electrons. The highest BCUT2D eigenvalue weighted by Crippen LogP contribution is 2.42. The second kappa shape index (κ2) is 20.4. The fourth-order valence-corrected chi connectivity index (χ4v) is 6.54. The van der Waals surface area contributed by atoms with Crippen LogP contribution in [-0.2, 0) is 33.2 Å². The molecular formula is C39H52O20. The lowest BCUT2D eigenvalue weighted by Gasteiger charge is -2.48. The first-order chi connectivity index (χ1) is 28.1. The van der Waals surface area contributed by atoms with Gasteiger partial charge < -0.3 is 93.3 Å². The van der Waals surface area contributed by atoms with Gasteiger partial charge in [-0.3, -0.25) is 0 Å². The van der Waals surface area contributed by atoms with Gasteiger partial charge in [-0.2, -0.15) is 0 Å². The number of benzene rings is 2. The van der Waals surface area contributed by atoms with Crippen molar-refractivity contribution in [2.24, 2.45) is 0 Å². The number of carbonyl (C=O) groups excluding carboxylic acids is 1. The average Bonchev–Trinajstić information content (AvgIpc) is 3.23. The van der Waals surface area contributed by atoms with Gasteiger partial charge in [-0.15, -0.1) is 0 Å². The van der Waals surface area contributed by atoms with Crippen molar-refractivity contribution in [1.82, 2.24) is 0 Å². The molecule has 3 aliphatic heterocycles. The van der Waals surface area contributed by atoms with Gasteiger partial charge in [0.1, 0.15) is 61.5 Å². The molecule has 59 heavy (non-hydrogen) atoms. The molecule has 3 aliphatic rings. The molecule has 20 heteroatoms. The van der Waals surface area contributed by atoms with E-state index in [1.54, 1.807) is 24.3 Å². The number of methoxy groups -OCH3 is 3. The predicted octanol–water partition coefficient (Wildman–Crippen LogP) is -1.43. The van der Waals surface area contributed by atoms with E-state index < -0.39 is 105 Å². The predicted molar refractivity (Wildman–Crippen MR) is 200 cm³/mol. The maximum absolute atomic E-state index is 12.3. The largest absolute Gasteiger partial charge is 0.504 e. The second-order valence-electron chi connectivity index (χ2n) is 13.9. The first-order valence-corrected chi connectivity index (χ1v) is 18.6. The molecule has 0 radical (unpaired) electrons. The first-order valence-electron chi connectivity index (χ1n) is 18.6. The molecule has 0 aliphatic carbocycles. The molecule has 0 spiro atoms. The fourth-order valence-electron chi connectivity index (χ4n) is 6.54. The SMILES string of the molecule is COc1cc(C=CC(=O)OCC=Cc2cc(OC)c(OC3OC(CO)C(O)C(O)C3OC3OC(C)C(O)C(O)C3OC3OC(C)C(O)C(O)C3O)c(OC)c2)ccc1O. The Kier molecular flexibility index (Phi) is 15.9. The van der Waals surface area contributed by atoms with Crippen LogP contribution in [0.15, 0.2) is 42.5 Å². The third kappa shape index (κ3) is 10.6. The molecule has 2 aromatic carbocycles. The second-order valence-corrected chi connectivity index (χ2v) is 13.9. The summed E-state index contributed by atoms with van der Waals surface area (Å²) in [5.41, 5.74) is 1.10. The van der Waals surface area contributed by atoms with Gasteiger partial charge >= 0.3 is 5.97 Å². The van der Waals surface area contributed by atoms with Gasteiger partial charge in [0, 0.05) is 6.08 Å². The van der Waals surface area contributed by atoms with Gasteiger partial charge in [-0.1, -0.05) is 12.1 Å². The van der Waals surface area contributed by atoms with Crippen molar-refractivity contribution >= 4 is 18.1 Å². The minimum atomic E-state index is -1.84. The van der Waals surface area contributed by atoms with E-state index in [9.17, 15) is 50.8 Å². The summed E-state index contributed by atoms with van der Waals surface area (Å²) in [5.74, 6) is -0.348. The molecule has 0 amide bonds. The monoisotopic (exact) mass is 840 g/mol. The number of hydrogen-bond donors (Lipinski definition) is 9. The van der Waals surface area contributed by atoms with Crippen molar-refractivity contribution in [3.63, 3.8) is 0 Å².